The lowest BCUT2D eigenvalue weighted by molar-refractivity contribution is 0.111. The molecule has 0 N–H and O–H groups in total. The first-order chi connectivity index (χ1) is 8.77. The van der Waals surface area contributed by atoms with Crippen molar-refractivity contribution in [3.63, 3.8) is 0 Å². The molecule has 0 heterocycles. The first-order valence-electron chi connectivity index (χ1n) is 6.30. The van der Waals surface area contributed by atoms with Crippen LogP contribution in [0.5, 0.6) is 0 Å². The van der Waals surface area contributed by atoms with Crippen LogP contribution in [0.4, 0.5) is 11.4 Å². The summed E-state index contributed by atoms with van der Waals surface area (Å²) in [6.45, 7) is 4.99. The monoisotopic (exact) mass is 241 g/mol. The van der Waals surface area contributed by atoms with Gasteiger partial charge in [-0.3, -0.25) is 4.84 Å². The zero-order valence-electron chi connectivity index (χ0n) is 10.9. The Morgan fingerprint density at radius 3 is 1.67 bits per heavy atom. The van der Waals surface area contributed by atoms with E-state index >= 15 is 0 Å². The second-order valence-corrected chi connectivity index (χ2v) is 4.66. The molecule has 0 fully saturated rings. The topological polar surface area (TPSA) is 12.5 Å². The third-order valence-corrected chi connectivity index (χ3v) is 2.52. The van der Waals surface area contributed by atoms with Crippen LogP contribution in [-0.4, -0.2) is 6.61 Å². The minimum atomic E-state index is 0.500. The molecule has 0 aliphatic heterocycles. The van der Waals surface area contributed by atoms with Crippen LogP contribution in [0.1, 0.15) is 13.8 Å². The largest absolute Gasteiger partial charge is 0.268 e. The number of hydrogen-bond acceptors (Lipinski definition) is 2. The van der Waals surface area contributed by atoms with E-state index in [-0.39, 0.29) is 0 Å². The van der Waals surface area contributed by atoms with E-state index in [1.165, 1.54) is 0 Å². The van der Waals surface area contributed by atoms with E-state index in [4.69, 9.17) is 4.84 Å². The Labute approximate surface area is 109 Å². The van der Waals surface area contributed by atoms with Gasteiger partial charge in [-0.1, -0.05) is 50.2 Å². The van der Waals surface area contributed by atoms with Gasteiger partial charge in [0, 0.05) is 0 Å². The lowest BCUT2D eigenvalue weighted by atomic mass is 10.2. The average Bonchev–Trinajstić information content (AvgIpc) is 2.41. The summed E-state index contributed by atoms with van der Waals surface area (Å²) in [5.41, 5.74) is 2.09. The smallest absolute Gasteiger partial charge is 0.0776 e. The normalized spacial score (nSPS) is 10.6. The van der Waals surface area contributed by atoms with Gasteiger partial charge in [0.15, 0.2) is 0 Å². The molecule has 2 rings (SSSR count). The highest BCUT2D eigenvalue weighted by atomic mass is 16.7. The zero-order valence-corrected chi connectivity index (χ0v) is 10.9. The summed E-state index contributed by atoms with van der Waals surface area (Å²) in [5.74, 6) is 0.500. The van der Waals surface area contributed by atoms with Crippen molar-refractivity contribution in [2.75, 3.05) is 11.7 Å². The standard InChI is InChI=1S/C16H19NO/c1-14(2)13-18-17(15-9-5-3-6-10-15)16-11-7-4-8-12-16/h3-12,14H,13H2,1-2H3. The molecule has 2 aromatic carbocycles. The van der Waals surface area contributed by atoms with Crippen LogP contribution in [0.3, 0.4) is 0 Å². The molecule has 0 bridgehead atoms. The van der Waals surface area contributed by atoms with Gasteiger partial charge in [-0.15, -0.1) is 0 Å². The van der Waals surface area contributed by atoms with Gasteiger partial charge in [0.2, 0.25) is 0 Å². The number of hydrogen-bond donors (Lipinski definition) is 0. The second-order valence-electron chi connectivity index (χ2n) is 4.66. The van der Waals surface area contributed by atoms with Crippen LogP contribution in [0.2, 0.25) is 0 Å². The molecule has 0 spiro atoms. The predicted molar refractivity (Wildman–Crippen MR) is 75.8 cm³/mol. The fraction of sp³-hybridized carbons (Fsp3) is 0.250. The molecule has 2 nitrogen and oxygen atoms in total. The third-order valence-electron chi connectivity index (χ3n) is 2.52. The molecule has 0 saturated heterocycles. The average molecular weight is 241 g/mol. The molecule has 0 amide bonds. The summed E-state index contributed by atoms with van der Waals surface area (Å²) < 4.78 is 0. The highest BCUT2D eigenvalue weighted by molar-refractivity contribution is 5.59. The SMILES string of the molecule is CC(C)CON(c1ccccc1)c1ccccc1. The highest BCUT2D eigenvalue weighted by Gasteiger charge is 2.09. The Balaban J connectivity index is 2.24. The van der Waals surface area contributed by atoms with Crippen LogP contribution in [0, 0.1) is 5.92 Å². The first kappa shape index (κ1) is 12.7. The van der Waals surface area contributed by atoms with Gasteiger partial charge in [-0.25, -0.2) is 5.06 Å². The maximum atomic E-state index is 5.91. The second kappa shape index (κ2) is 6.22. The Morgan fingerprint density at radius 2 is 1.28 bits per heavy atom. The molecule has 0 saturated carbocycles. The van der Waals surface area contributed by atoms with Crippen LogP contribution in [0.15, 0.2) is 60.7 Å². The lowest BCUT2D eigenvalue weighted by Crippen LogP contribution is -2.20. The summed E-state index contributed by atoms with van der Waals surface area (Å²) in [6, 6.07) is 20.3. The van der Waals surface area contributed by atoms with Crippen molar-refractivity contribution >= 4 is 11.4 Å². The van der Waals surface area contributed by atoms with E-state index < -0.39 is 0 Å². The fourth-order valence-corrected chi connectivity index (χ4v) is 1.65. The maximum absolute atomic E-state index is 5.91. The Hall–Kier alpha value is -1.80. The van der Waals surface area contributed by atoms with Crippen molar-refractivity contribution in [3.05, 3.63) is 60.7 Å². The van der Waals surface area contributed by atoms with Gasteiger partial charge in [0.1, 0.15) is 0 Å². The van der Waals surface area contributed by atoms with Crippen LogP contribution >= 0.6 is 0 Å². The molecule has 94 valence electrons. The number of para-hydroxylation sites is 2. The summed E-state index contributed by atoms with van der Waals surface area (Å²) in [7, 11) is 0. The molecular formula is C16H19NO. The van der Waals surface area contributed by atoms with E-state index in [0.29, 0.717) is 12.5 Å². The molecule has 0 radical (unpaired) electrons. The number of benzene rings is 2. The van der Waals surface area contributed by atoms with Crippen molar-refractivity contribution in [3.8, 4) is 0 Å². The molecule has 18 heavy (non-hydrogen) atoms. The highest BCUT2D eigenvalue weighted by Crippen LogP contribution is 2.25. The molecule has 0 aromatic heterocycles. The van der Waals surface area contributed by atoms with Gasteiger partial charge in [-0.2, -0.15) is 0 Å². The van der Waals surface area contributed by atoms with Crippen LogP contribution in [-0.2, 0) is 4.84 Å². The van der Waals surface area contributed by atoms with Gasteiger partial charge in [-0.05, 0) is 30.2 Å². The molecule has 0 aliphatic carbocycles. The fourth-order valence-electron chi connectivity index (χ4n) is 1.65. The summed E-state index contributed by atoms with van der Waals surface area (Å²) in [4.78, 5) is 5.91. The van der Waals surface area contributed by atoms with Crippen molar-refractivity contribution < 1.29 is 4.84 Å². The van der Waals surface area contributed by atoms with Crippen molar-refractivity contribution in [2.45, 2.75) is 13.8 Å². The summed E-state index contributed by atoms with van der Waals surface area (Å²) >= 11 is 0. The number of rotatable bonds is 5. The van der Waals surface area contributed by atoms with Crippen molar-refractivity contribution in [2.24, 2.45) is 5.92 Å². The van der Waals surface area contributed by atoms with E-state index in [2.05, 4.69) is 13.8 Å². The van der Waals surface area contributed by atoms with E-state index in [1.807, 2.05) is 65.7 Å². The Morgan fingerprint density at radius 1 is 0.833 bits per heavy atom. The zero-order chi connectivity index (χ0) is 12.8. The number of anilines is 2. The molecule has 2 aromatic rings. The molecular weight excluding hydrogens is 222 g/mol. The quantitative estimate of drug-likeness (QED) is 0.719. The maximum Gasteiger partial charge on any atom is 0.0776 e. The minimum Gasteiger partial charge on any atom is -0.268 e. The van der Waals surface area contributed by atoms with Crippen molar-refractivity contribution in [1.29, 1.82) is 0 Å². The minimum absolute atomic E-state index is 0.500. The van der Waals surface area contributed by atoms with E-state index in [1.54, 1.807) is 0 Å². The Bertz CT molecular complexity index is 414. The first-order valence-corrected chi connectivity index (χ1v) is 6.30. The van der Waals surface area contributed by atoms with Gasteiger partial charge in [0.25, 0.3) is 0 Å². The summed E-state index contributed by atoms with van der Waals surface area (Å²) in [6.07, 6.45) is 0. The summed E-state index contributed by atoms with van der Waals surface area (Å²) in [5, 5.41) is 1.89. The third kappa shape index (κ3) is 3.34. The van der Waals surface area contributed by atoms with Gasteiger partial charge >= 0.3 is 0 Å². The van der Waals surface area contributed by atoms with Crippen LogP contribution in [0.25, 0.3) is 0 Å². The number of nitrogens with zero attached hydrogens (tertiary/aromatic N) is 1. The molecule has 2 heteroatoms. The molecule has 0 atom stereocenters. The van der Waals surface area contributed by atoms with Gasteiger partial charge < -0.3 is 0 Å². The Kier molecular flexibility index (Phi) is 4.37. The van der Waals surface area contributed by atoms with Crippen LogP contribution < -0.4 is 5.06 Å². The van der Waals surface area contributed by atoms with E-state index in [0.717, 1.165) is 11.4 Å². The lowest BCUT2D eigenvalue weighted by Gasteiger charge is -2.24. The molecule has 0 unspecified atom stereocenters. The van der Waals surface area contributed by atoms with Gasteiger partial charge in [0.05, 0.1) is 18.0 Å². The van der Waals surface area contributed by atoms with E-state index in [9.17, 15) is 0 Å². The predicted octanol–water partition coefficient (Wildman–Crippen LogP) is 4.41. The molecule has 0 aliphatic rings. The van der Waals surface area contributed by atoms with Crippen molar-refractivity contribution in [1.82, 2.24) is 0 Å².